The molecule has 2 aromatic carbocycles. The molecule has 1 aliphatic carbocycles. The van der Waals surface area contributed by atoms with Crippen molar-refractivity contribution in [3.63, 3.8) is 0 Å². The van der Waals surface area contributed by atoms with Gasteiger partial charge in [-0.3, -0.25) is 4.79 Å². The monoisotopic (exact) mass is 441 g/mol. The molecule has 1 saturated heterocycles. The van der Waals surface area contributed by atoms with Crippen molar-refractivity contribution in [1.82, 2.24) is 4.90 Å². The van der Waals surface area contributed by atoms with Crippen LogP contribution in [0.4, 0.5) is 4.39 Å². The molecule has 2 aromatic rings. The van der Waals surface area contributed by atoms with Crippen molar-refractivity contribution in [2.75, 3.05) is 26.2 Å². The lowest BCUT2D eigenvalue weighted by Gasteiger charge is -2.34. The summed E-state index contributed by atoms with van der Waals surface area (Å²) < 4.78 is 19.2. The number of carbonyl (C=O) groups excluding carboxylic acids is 1. The van der Waals surface area contributed by atoms with Gasteiger partial charge >= 0.3 is 5.97 Å². The molecule has 4 rings (SSSR count). The van der Waals surface area contributed by atoms with Crippen molar-refractivity contribution < 1.29 is 13.9 Å². The third-order valence-electron chi connectivity index (χ3n) is 6.72. The first kappa shape index (κ1) is 22.4. The molecule has 2 unspecified atom stereocenters. The SMILES string of the molecule is CCOC(=O)C1CCCN(C[C@@H](P)C[C@H]2Cc3cc(F)ccc3Cc3ccccc32)C1. The van der Waals surface area contributed by atoms with Crippen LogP contribution in [0.15, 0.2) is 42.5 Å². The van der Waals surface area contributed by atoms with Crippen molar-refractivity contribution in [3.8, 4) is 0 Å². The minimum Gasteiger partial charge on any atom is -0.466 e. The van der Waals surface area contributed by atoms with Crippen molar-refractivity contribution >= 4 is 15.2 Å². The van der Waals surface area contributed by atoms with Crippen LogP contribution in [-0.2, 0) is 22.4 Å². The zero-order valence-electron chi connectivity index (χ0n) is 18.4. The van der Waals surface area contributed by atoms with E-state index in [0.717, 1.165) is 57.3 Å². The fourth-order valence-electron chi connectivity index (χ4n) is 5.29. The number of piperidine rings is 1. The number of nitrogens with zero attached hydrogens (tertiary/aromatic N) is 1. The van der Waals surface area contributed by atoms with E-state index in [4.69, 9.17) is 4.74 Å². The predicted molar refractivity (Wildman–Crippen MR) is 126 cm³/mol. The lowest BCUT2D eigenvalue weighted by atomic mass is 9.87. The first-order valence-corrected chi connectivity index (χ1v) is 12.2. The Balaban J connectivity index is 1.45. The molecule has 0 bridgehead atoms. The van der Waals surface area contributed by atoms with Crippen LogP contribution in [0.3, 0.4) is 0 Å². The molecule has 0 N–H and O–H groups in total. The Kier molecular flexibility index (Phi) is 7.40. The highest BCUT2D eigenvalue weighted by Gasteiger charge is 2.29. The number of rotatable bonds is 6. The minimum atomic E-state index is -0.149. The average Bonchev–Trinajstić information content (AvgIpc) is 2.90. The summed E-state index contributed by atoms with van der Waals surface area (Å²) in [4.78, 5) is 14.6. The molecule has 0 amide bonds. The van der Waals surface area contributed by atoms with Gasteiger partial charge in [0.2, 0.25) is 0 Å². The van der Waals surface area contributed by atoms with Gasteiger partial charge in [0.05, 0.1) is 12.5 Å². The smallest absolute Gasteiger partial charge is 0.310 e. The van der Waals surface area contributed by atoms with Gasteiger partial charge in [0, 0.05) is 13.1 Å². The predicted octanol–water partition coefficient (Wildman–Crippen LogP) is 4.97. The maximum absolute atomic E-state index is 14.0. The number of fused-ring (bicyclic) bond motifs is 2. The van der Waals surface area contributed by atoms with Crippen LogP contribution in [0.25, 0.3) is 0 Å². The second-order valence-electron chi connectivity index (χ2n) is 9.04. The van der Waals surface area contributed by atoms with Gasteiger partial charge in [-0.05, 0) is 91.5 Å². The highest BCUT2D eigenvalue weighted by atomic mass is 31.0. The molecule has 31 heavy (non-hydrogen) atoms. The van der Waals surface area contributed by atoms with E-state index in [2.05, 4.69) is 38.4 Å². The van der Waals surface area contributed by atoms with Crippen LogP contribution < -0.4 is 0 Å². The Hall–Kier alpha value is -1.77. The third-order valence-corrected chi connectivity index (χ3v) is 7.20. The van der Waals surface area contributed by atoms with Crippen LogP contribution >= 0.6 is 9.24 Å². The second-order valence-corrected chi connectivity index (χ2v) is 9.98. The fourth-order valence-corrected chi connectivity index (χ4v) is 5.91. The van der Waals surface area contributed by atoms with Crippen LogP contribution in [0.5, 0.6) is 0 Å². The van der Waals surface area contributed by atoms with Crippen LogP contribution in [0, 0.1) is 11.7 Å². The molecule has 0 radical (unpaired) electrons. The second kappa shape index (κ2) is 10.2. The minimum absolute atomic E-state index is 0.000594. The zero-order chi connectivity index (χ0) is 21.8. The molecule has 166 valence electrons. The molecule has 4 atom stereocenters. The fraction of sp³-hybridized carbons (Fsp3) is 0.500. The Morgan fingerprint density at radius 1 is 1.23 bits per heavy atom. The highest BCUT2D eigenvalue weighted by Crippen LogP contribution is 2.36. The van der Waals surface area contributed by atoms with Gasteiger partial charge in [-0.25, -0.2) is 4.39 Å². The molecule has 1 heterocycles. The summed E-state index contributed by atoms with van der Waals surface area (Å²) in [6, 6.07) is 13.9. The molecular formula is C26H33FNO2P. The van der Waals surface area contributed by atoms with E-state index in [9.17, 15) is 9.18 Å². The van der Waals surface area contributed by atoms with E-state index in [-0.39, 0.29) is 17.7 Å². The normalized spacial score (nSPS) is 22.2. The number of hydrogen-bond donors (Lipinski definition) is 0. The highest BCUT2D eigenvalue weighted by molar-refractivity contribution is 7.17. The number of benzene rings is 2. The maximum Gasteiger partial charge on any atom is 0.310 e. The van der Waals surface area contributed by atoms with Crippen molar-refractivity contribution in [2.24, 2.45) is 5.92 Å². The van der Waals surface area contributed by atoms with Crippen LogP contribution in [0.1, 0.15) is 54.4 Å². The Morgan fingerprint density at radius 3 is 2.90 bits per heavy atom. The van der Waals surface area contributed by atoms with Crippen molar-refractivity contribution in [3.05, 3.63) is 70.5 Å². The number of ether oxygens (including phenoxy) is 1. The molecule has 2 aliphatic rings. The molecule has 0 saturated carbocycles. The number of esters is 1. The van der Waals surface area contributed by atoms with E-state index in [0.29, 0.717) is 18.2 Å². The standard InChI is InChI=1S/C26H33FNO2P/c1-2-30-26(29)20-7-5-11-28(16-20)17-24(31)15-22-13-21-14-23(27)10-9-18(21)12-19-6-3-4-8-25(19)22/h3-4,6,8-10,14,20,22,24H,2,5,7,11-13,15-17,31H2,1H3/t20?,22-,24+/m1/s1. The summed E-state index contributed by atoms with van der Waals surface area (Å²) in [6.07, 6.45) is 4.74. The van der Waals surface area contributed by atoms with Gasteiger partial charge in [0.15, 0.2) is 0 Å². The molecular weight excluding hydrogens is 408 g/mol. The van der Waals surface area contributed by atoms with Crippen molar-refractivity contribution in [2.45, 2.75) is 50.6 Å². The van der Waals surface area contributed by atoms with E-state index in [1.165, 1.54) is 16.7 Å². The largest absolute Gasteiger partial charge is 0.466 e. The van der Waals surface area contributed by atoms with Gasteiger partial charge in [-0.15, -0.1) is 9.24 Å². The van der Waals surface area contributed by atoms with Crippen LogP contribution in [-0.4, -0.2) is 42.8 Å². The summed E-state index contributed by atoms with van der Waals surface area (Å²) in [5, 5.41) is 0. The number of carbonyl (C=O) groups is 1. The van der Waals surface area contributed by atoms with Gasteiger partial charge in [0.25, 0.3) is 0 Å². The van der Waals surface area contributed by atoms with E-state index in [1.807, 2.05) is 13.0 Å². The summed E-state index contributed by atoms with van der Waals surface area (Å²) >= 11 is 0. The molecule has 0 aromatic heterocycles. The summed E-state index contributed by atoms with van der Waals surface area (Å²) in [5.74, 6) is 0.166. The van der Waals surface area contributed by atoms with E-state index < -0.39 is 0 Å². The lowest BCUT2D eigenvalue weighted by Crippen LogP contribution is -2.42. The maximum atomic E-state index is 14.0. The number of hydrogen-bond acceptors (Lipinski definition) is 3. The molecule has 0 spiro atoms. The molecule has 5 heteroatoms. The van der Waals surface area contributed by atoms with E-state index >= 15 is 0 Å². The van der Waals surface area contributed by atoms with E-state index in [1.54, 1.807) is 12.1 Å². The van der Waals surface area contributed by atoms with Crippen molar-refractivity contribution in [1.29, 1.82) is 0 Å². The number of halogens is 1. The average molecular weight is 442 g/mol. The molecule has 1 aliphatic heterocycles. The van der Waals surface area contributed by atoms with Gasteiger partial charge in [-0.2, -0.15) is 0 Å². The lowest BCUT2D eigenvalue weighted by molar-refractivity contribution is -0.149. The Bertz CT molecular complexity index is 918. The van der Waals surface area contributed by atoms with Gasteiger partial charge < -0.3 is 9.64 Å². The van der Waals surface area contributed by atoms with Crippen LogP contribution in [0.2, 0.25) is 0 Å². The number of likely N-dealkylation sites (tertiary alicyclic amines) is 1. The summed E-state index contributed by atoms with van der Waals surface area (Å²) in [5.41, 5.74) is 5.54. The van der Waals surface area contributed by atoms with Gasteiger partial charge in [-0.1, -0.05) is 30.3 Å². The summed E-state index contributed by atoms with van der Waals surface area (Å²) in [6.45, 7) is 5.10. The Labute approximate surface area is 187 Å². The Morgan fingerprint density at radius 2 is 2.06 bits per heavy atom. The first-order valence-electron chi connectivity index (χ1n) is 11.5. The quantitative estimate of drug-likeness (QED) is 0.469. The van der Waals surface area contributed by atoms with Gasteiger partial charge in [0.1, 0.15) is 5.82 Å². The first-order chi connectivity index (χ1) is 15.0. The molecule has 3 nitrogen and oxygen atoms in total. The zero-order valence-corrected chi connectivity index (χ0v) is 19.5. The summed E-state index contributed by atoms with van der Waals surface area (Å²) in [7, 11) is 3.03. The topological polar surface area (TPSA) is 29.5 Å². The third kappa shape index (κ3) is 5.54. The molecule has 1 fully saturated rings.